The molecule has 3 nitrogen and oxygen atoms in total. The molecule has 1 saturated heterocycles. The predicted molar refractivity (Wildman–Crippen MR) is 74.6 cm³/mol. The van der Waals surface area contributed by atoms with Gasteiger partial charge in [0.25, 0.3) is 0 Å². The quantitative estimate of drug-likeness (QED) is 0.816. The molecule has 2 N–H and O–H groups in total. The maximum Gasteiger partial charge on any atom is 0.220 e. The van der Waals surface area contributed by atoms with Crippen molar-refractivity contribution in [2.45, 2.75) is 51.0 Å². The number of hydrogen-bond donors (Lipinski definition) is 2. The average molecular weight is 262 g/mol. The lowest BCUT2D eigenvalue weighted by molar-refractivity contribution is -0.125. The Morgan fingerprint density at radius 3 is 2.32 bits per heavy atom. The maximum atomic E-state index is 12.3. The summed E-state index contributed by atoms with van der Waals surface area (Å²) in [5.41, 5.74) is 0. The summed E-state index contributed by atoms with van der Waals surface area (Å²) in [6.45, 7) is 2.13. The molecule has 1 heterocycles. The third kappa shape index (κ3) is 2.31. The van der Waals surface area contributed by atoms with E-state index in [4.69, 9.17) is 0 Å². The summed E-state index contributed by atoms with van der Waals surface area (Å²) in [6.07, 6.45) is 8.98. The number of carbonyl (C=O) groups excluding carboxylic acids is 1. The fourth-order valence-corrected chi connectivity index (χ4v) is 5.56. The zero-order valence-corrected chi connectivity index (χ0v) is 11.7. The number of rotatable bonds is 3. The van der Waals surface area contributed by atoms with Gasteiger partial charge in [-0.05, 0) is 81.2 Å². The highest BCUT2D eigenvalue weighted by molar-refractivity contribution is 5.76. The molecule has 0 aromatic carbocycles. The van der Waals surface area contributed by atoms with Crippen LogP contribution in [0, 0.1) is 29.6 Å². The van der Waals surface area contributed by atoms with E-state index in [0.29, 0.717) is 17.9 Å². The molecule has 4 bridgehead atoms. The van der Waals surface area contributed by atoms with Gasteiger partial charge in [0.1, 0.15) is 0 Å². The van der Waals surface area contributed by atoms with Gasteiger partial charge < -0.3 is 10.6 Å². The SMILES string of the molecule is O=C(CC1CCNC1)NC1C2CC3CC(C2)CC1C3. The molecule has 3 heteroatoms. The number of amides is 1. The highest BCUT2D eigenvalue weighted by Crippen LogP contribution is 2.53. The highest BCUT2D eigenvalue weighted by atomic mass is 16.1. The van der Waals surface area contributed by atoms with Crippen LogP contribution in [0.1, 0.15) is 44.9 Å². The lowest BCUT2D eigenvalue weighted by atomic mass is 9.54. The first-order valence-corrected chi connectivity index (χ1v) is 8.28. The lowest BCUT2D eigenvalue weighted by Gasteiger charge is -2.54. The third-order valence-electron chi connectivity index (χ3n) is 6.19. The van der Waals surface area contributed by atoms with E-state index in [-0.39, 0.29) is 0 Å². The van der Waals surface area contributed by atoms with Crippen molar-refractivity contribution in [2.75, 3.05) is 13.1 Å². The standard InChI is InChI=1S/C16H26N2O/c19-15(8-10-1-2-17-9-10)18-16-13-4-11-3-12(6-13)7-14(16)5-11/h10-14,16-17H,1-9H2,(H,18,19). The summed E-state index contributed by atoms with van der Waals surface area (Å²) in [6, 6.07) is 0.523. The van der Waals surface area contributed by atoms with Crippen molar-refractivity contribution in [2.24, 2.45) is 29.6 Å². The fraction of sp³-hybridized carbons (Fsp3) is 0.938. The molecular weight excluding hydrogens is 236 g/mol. The number of nitrogens with one attached hydrogen (secondary N) is 2. The second-order valence-electron chi connectivity index (χ2n) is 7.59. The Labute approximate surface area is 115 Å². The fourth-order valence-electron chi connectivity index (χ4n) is 5.56. The van der Waals surface area contributed by atoms with E-state index >= 15 is 0 Å². The largest absolute Gasteiger partial charge is 0.353 e. The van der Waals surface area contributed by atoms with Gasteiger partial charge >= 0.3 is 0 Å². The smallest absolute Gasteiger partial charge is 0.220 e. The Balaban J connectivity index is 1.36. The maximum absolute atomic E-state index is 12.3. The molecule has 4 saturated carbocycles. The monoisotopic (exact) mass is 262 g/mol. The van der Waals surface area contributed by atoms with Crippen molar-refractivity contribution in [1.82, 2.24) is 10.6 Å². The third-order valence-corrected chi connectivity index (χ3v) is 6.19. The minimum atomic E-state index is 0.325. The zero-order chi connectivity index (χ0) is 12.8. The molecule has 0 aromatic heterocycles. The summed E-state index contributed by atoms with van der Waals surface area (Å²) in [7, 11) is 0. The van der Waals surface area contributed by atoms with Crippen molar-refractivity contribution in [1.29, 1.82) is 0 Å². The molecule has 1 aliphatic heterocycles. The van der Waals surface area contributed by atoms with Crippen LogP contribution < -0.4 is 10.6 Å². The molecule has 5 rings (SSSR count). The Kier molecular flexibility index (Phi) is 3.06. The van der Waals surface area contributed by atoms with E-state index in [1.165, 1.54) is 38.5 Å². The van der Waals surface area contributed by atoms with Gasteiger partial charge in [-0.15, -0.1) is 0 Å². The van der Waals surface area contributed by atoms with Crippen molar-refractivity contribution < 1.29 is 4.79 Å². The van der Waals surface area contributed by atoms with Crippen LogP contribution in [0.4, 0.5) is 0 Å². The van der Waals surface area contributed by atoms with E-state index in [0.717, 1.165) is 43.2 Å². The van der Waals surface area contributed by atoms with Crippen LogP contribution >= 0.6 is 0 Å². The summed E-state index contributed by atoms with van der Waals surface area (Å²) in [5.74, 6) is 4.51. The minimum Gasteiger partial charge on any atom is -0.353 e. The topological polar surface area (TPSA) is 41.1 Å². The second kappa shape index (κ2) is 4.76. The first-order chi connectivity index (χ1) is 9.28. The second-order valence-corrected chi connectivity index (χ2v) is 7.59. The number of carbonyl (C=O) groups is 1. The van der Waals surface area contributed by atoms with Crippen LogP contribution in [-0.2, 0) is 4.79 Å². The van der Waals surface area contributed by atoms with E-state index < -0.39 is 0 Å². The molecule has 0 radical (unpaired) electrons. The molecule has 0 spiro atoms. The van der Waals surface area contributed by atoms with Gasteiger partial charge in [0.05, 0.1) is 0 Å². The van der Waals surface area contributed by atoms with Gasteiger partial charge in [0.15, 0.2) is 0 Å². The molecule has 5 aliphatic rings. The predicted octanol–water partition coefficient (Wildman–Crippen LogP) is 1.93. The van der Waals surface area contributed by atoms with Crippen LogP contribution in [0.5, 0.6) is 0 Å². The number of hydrogen-bond acceptors (Lipinski definition) is 2. The minimum absolute atomic E-state index is 0.325. The summed E-state index contributed by atoms with van der Waals surface area (Å²) < 4.78 is 0. The van der Waals surface area contributed by atoms with E-state index in [1.807, 2.05) is 0 Å². The molecule has 1 amide bonds. The average Bonchev–Trinajstić information content (AvgIpc) is 2.85. The zero-order valence-electron chi connectivity index (χ0n) is 11.7. The van der Waals surface area contributed by atoms with Gasteiger partial charge in [0.2, 0.25) is 5.91 Å². The molecular formula is C16H26N2O. The van der Waals surface area contributed by atoms with Crippen LogP contribution in [0.15, 0.2) is 0 Å². The first kappa shape index (κ1) is 12.2. The van der Waals surface area contributed by atoms with E-state index in [1.54, 1.807) is 0 Å². The van der Waals surface area contributed by atoms with E-state index in [2.05, 4.69) is 10.6 Å². The van der Waals surface area contributed by atoms with Crippen LogP contribution in [-0.4, -0.2) is 25.0 Å². The molecule has 1 unspecified atom stereocenters. The van der Waals surface area contributed by atoms with Crippen molar-refractivity contribution in [3.63, 3.8) is 0 Å². The van der Waals surface area contributed by atoms with Gasteiger partial charge in [0, 0.05) is 12.5 Å². The molecule has 1 atom stereocenters. The molecule has 0 aromatic rings. The highest BCUT2D eigenvalue weighted by Gasteiger charge is 2.48. The Hall–Kier alpha value is -0.570. The van der Waals surface area contributed by atoms with Crippen molar-refractivity contribution in [3.05, 3.63) is 0 Å². The first-order valence-electron chi connectivity index (χ1n) is 8.28. The Bertz CT molecular complexity index is 334. The van der Waals surface area contributed by atoms with Crippen molar-refractivity contribution in [3.8, 4) is 0 Å². The Morgan fingerprint density at radius 1 is 1.05 bits per heavy atom. The van der Waals surface area contributed by atoms with Crippen LogP contribution in [0.2, 0.25) is 0 Å². The van der Waals surface area contributed by atoms with E-state index in [9.17, 15) is 4.79 Å². The van der Waals surface area contributed by atoms with Crippen molar-refractivity contribution >= 4 is 5.91 Å². The van der Waals surface area contributed by atoms with Crippen LogP contribution in [0.3, 0.4) is 0 Å². The van der Waals surface area contributed by atoms with Gasteiger partial charge in [-0.3, -0.25) is 4.79 Å². The normalized spacial score (nSPS) is 47.6. The summed E-state index contributed by atoms with van der Waals surface area (Å²) >= 11 is 0. The van der Waals surface area contributed by atoms with Crippen LogP contribution in [0.25, 0.3) is 0 Å². The molecule has 19 heavy (non-hydrogen) atoms. The Morgan fingerprint density at radius 2 is 1.74 bits per heavy atom. The molecule has 4 aliphatic carbocycles. The van der Waals surface area contributed by atoms with Gasteiger partial charge in [-0.1, -0.05) is 0 Å². The van der Waals surface area contributed by atoms with Gasteiger partial charge in [-0.2, -0.15) is 0 Å². The molecule has 5 fully saturated rings. The molecule has 106 valence electrons. The summed E-state index contributed by atoms with van der Waals surface area (Å²) in [4.78, 5) is 12.3. The summed E-state index contributed by atoms with van der Waals surface area (Å²) in [5, 5.41) is 6.77. The van der Waals surface area contributed by atoms with Gasteiger partial charge in [-0.25, -0.2) is 0 Å². The lowest BCUT2D eigenvalue weighted by Crippen LogP contribution is -2.56.